The van der Waals surface area contributed by atoms with Gasteiger partial charge in [0.15, 0.2) is 0 Å². The first kappa shape index (κ1) is 12.1. The number of hydrogen-bond donors (Lipinski definition) is 0. The second-order valence-corrected chi connectivity index (χ2v) is 3.95. The Morgan fingerprint density at radius 3 is 1.72 bits per heavy atom. The molecule has 2 aromatic carbocycles. The van der Waals surface area contributed by atoms with E-state index in [0.717, 1.165) is 16.8 Å². The van der Waals surface area contributed by atoms with Crippen LogP contribution in [0.3, 0.4) is 0 Å². The van der Waals surface area contributed by atoms with Crippen LogP contribution < -0.4 is 5.11 Å². The highest BCUT2D eigenvalue weighted by molar-refractivity contribution is 6.13. The molecule has 18 heavy (non-hydrogen) atoms. The second kappa shape index (κ2) is 5.82. The van der Waals surface area contributed by atoms with Gasteiger partial charge in [0.25, 0.3) is 0 Å². The van der Waals surface area contributed by atoms with E-state index in [2.05, 4.69) is 4.99 Å². The van der Waals surface area contributed by atoms with Crippen LogP contribution in [0, 0.1) is 0 Å². The van der Waals surface area contributed by atoms with Gasteiger partial charge in [0.05, 0.1) is 5.71 Å². The maximum absolute atomic E-state index is 11.0. The Labute approximate surface area is 107 Å². The molecule has 0 bridgehead atoms. The molecule has 2 nitrogen and oxygen atoms in total. The van der Waals surface area contributed by atoms with Crippen molar-refractivity contribution in [2.75, 3.05) is 0 Å². The van der Waals surface area contributed by atoms with Crippen LogP contribution in [0.25, 0.3) is 0 Å². The lowest BCUT2D eigenvalue weighted by atomic mass is 10.0. The summed E-state index contributed by atoms with van der Waals surface area (Å²) in [7, 11) is 0. The smallest absolute Gasteiger partial charge is 0.0773 e. The fourth-order valence-electron chi connectivity index (χ4n) is 1.66. The van der Waals surface area contributed by atoms with E-state index in [-0.39, 0.29) is 5.76 Å². The molecule has 0 atom stereocenters. The Kier molecular flexibility index (Phi) is 3.92. The maximum Gasteiger partial charge on any atom is 0.0773 e. The maximum atomic E-state index is 11.0. The lowest BCUT2D eigenvalue weighted by Gasteiger charge is -2.07. The number of allylic oxidation sites excluding steroid dienone is 1. The van der Waals surface area contributed by atoms with Crippen molar-refractivity contribution >= 4 is 5.71 Å². The summed E-state index contributed by atoms with van der Waals surface area (Å²) in [4.78, 5) is 4.31. The van der Waals surface area contributed by atoms with E-state index in [1.807, 2.05) is 60.7 Å². The van der Waals surface area contributed by atoms with Crippen LogP contribution in [0.2, 0.25) is 0 Å². The van der Waals surface area contributed by atoms with Crippen LogP contribution in [-0.2, 0) is 0 Å². The van der Waals surface area contributed by atoms with Crippen LogP contribution in [0.15, 0.2) is 77.6 Å². The van der Waals surface area contributed by atoms with E-state index >= 15 is 0 Å². The van der Waals surface area contributed by atoms with E-state index in [0.29, 0.717) is 0 Å². The second-order valence-electron chi connectivity index (χ2n) is 3.95. The molecule has 0 aliphatic carbocycles. The third kappa shape index (κ3) is 3.08. The topological polar surface area (TPSA) is 35.4 Å². The monoisotopic (exact) mass is 236 g/mol. The lowest BCUT2D eigenvalue weighted by molar-refractivity contribution is -0.302. The summed E-state index contributed by atoms with van der Waals surface area (Å²) in [6.07, 6.45) is 1.36. The van der Waals surface area contributed by atoms with E-state index in [1.54, 1.807) is 0 Å². The highest BCUT2D eigenvalue weighted by Crippen LogP contribution is 2.11. The van der Waals surface area contributed by atoms with Crippen molar-refractivity contribution in [3.05, 3.63) is 83.7 Å². The van der Waals surface area contributed by atoms with Gasteiger partial charge in [0.2, 0.25) is 0 Å². The van der Waals surface area contributed by atoms with Gasteiger partial charge in [-0.25, -0.2) is 0 Å². The van der Waals surface area contributed by atoms with Gasteiger partial charge in [-0.05, 0) is 0 Å². The number of aliphatic imine (C=N–C) groups is 1. The molecule has 2 aromatic rings. The first-order valence-corrected chi connectivity index (χ1v) is 5.80. The molecule has 2 heteroatoms. The quantitative estimate of drug-likeness (QED) is 0.596. The van der Waals surface area contributed by atoms with E-state index < -0.39 is 0 Å². The summed E-state index contributed by atoms with van der Waals surface area (Å²) >= 11 is 0. The summed E-state index contributed by atoms with van der Waals surface area (Å²) in [5.74, 6) is -0.0561. The molecule has 0 fully saturated rings. The van der Waals surface area contributed by atoms with Crippen molar-refractivity contribution in [1.82, 2.24) is 0 Å². The molecule has 0 unspecified atom stereocenters. The van der Waals surface area contributed by atoms with Crippen molar-refractivity contribution in [3.8, 4) is 0 Å². The molecule has 0 saturated heterocycles. The summed E-state index contributed by atoms with van der Waals surface area (Å²) in [5, 5.41) is 11.0. The van der Waals surface area contributed by atoms with Gasteiger partial charge < -0.3 is 5.11 Å². The first-order chi connectivity index (χ1) is 8.77. The third-order valence-corrected chi connectivity index (χ3v) is 2.47. The van der Waals surface area contributed by atoms with Crippen molar-refractivity contribution in [1.29, 1.82) is 0 Å². The Bertz CT molecular complexity index is 511. The number of nitrogens with zero attached hydrogens (tertiary/aromatic N) is 1. The predicted molar refractivity (Wildman–Crippen MR) is 72.3 cm³/mol. The van der Waals surface area contributed by atoms with Gasteiger partial charge in [-0.3, -0.25) is 4.99 Å². The van der Waals surface area contributed by atoms with Gasteiger partial charge in [-0.1, -0.05) is 67.6 Å². The molecule has 0 N–H and O–H groups in total. The molecule has 0 amide bonds. The zero-order chi connectivity index (χ0) is 12.8. The Morgan fingerprint density at radius 1 is 0.889 bits per heavy atom. The summed E-state index contributed by atoms with van der Waals surface area (Å²) in [6.45, 7) is 1.50. The number of hydrogen-bond acceptors (Lipinski definition) is 2. The molecule has 0 saturated carbocycles. The lowest BCUT2D eigenvalue weighted by Crippen LogP contribution is -2.03. The molecular weight excluding hydrogens is 222 g/mol. The minimum Gasteiger partial charge on any atom is -0.875 e. The zero-order valence-corrected chi connectivity index (χ0v) is 10.2. The first-order valence-electron chi connectivity index (χ1n) is 5.80. The highest BCUT2D eigenvalue weighted by atomic mass is 16.3. The van der Waals surface area contributed by atoms with Crippen LogP contribution in [0.4, 0.5) is 0 Å². The molecule has 0 aliphatic rings. The van der Waals surface area contributed by atoms with Crippen molar-refractivity contribution < 1.29 is 5.11 Å². The van der Waals surface area contributed by atoms with Gasteiger partial charge in [-0.15, -0.1) is 5.76 Å². The highest BCUT2D eigenvalue weighted by Gasteiger charge is 2.04. The standard InChI is InChI=1S/C16H15NO/c1-13(18)12-17-16(14-8-4-2-5-9-14)15-10-6-3-7-11-15/h2-12,18H,1H3/p-1. The average Bonchev–Trinajstić information content (AvgIpc) is 2.41. The van der Waals surface area contributed by atoms with Gasteiger partial charge in [0.1, 0.15) is 0 Å². The van der Waals surface area contributed by atoms with Gasteiger partial charge in [0, 0.05) is 17.3 Å². The Balaban J connectivity index is 2.49. The fourth-order valence-corrected chi connectivity index (χ4v) is 1.66. The molecule has 0 aliphatic heterocycles. The number of rotatable bonds is 3. The van der Waals surface area contributed by atoms with E-state index in [1.165, 1.54) is 13.1 Å². The molecule has 0 aromatic heterocycles. The predicted octanol–water partition coefficient (Wildman–Crippen LogP) is 2.75. The molecule has 0 heterocycles. The normalized spacial score (nSPS) is 11.1. The van der Waals surface area contributed by atoms with Crippen molar-refractivity contribution in [2.24, 2.45) is 4.99 Å². The van der Waals surface area contributed by atoms with E-state index in [9.17, 15) is 5.11 Å². The minimum absolute atomic E-state index is 0.0561. The molecule has 0 radical (unpaired) electrons. The van der Waals surface area contributed by atoms with Gasteiger partial charge in [-0.2, -0.15) is 0 Å². The van der Waals surface area contributed by atoms with E-state index in [4.69, 9.17) is 0 Å². The van der Waals surface area contributed by atoms with Crippen LogP contribution in [0.1, 0.15) is 18.1 Å². The van der Waals surface area contributed by atoms with Crippen molar-refractivity contribution in [3.63, 3.8) is 0 Å². The molecule has 0 spiro atoms. The van der Waals surface area contributed by atoms with Crippen LogP contribution >= 0.6 is 0 Å². The Morgan fingerprint density at radius 2 is 1.33 bits per heavy atom. The molecule has 90 valence electrons. The van der Waals surface area contributed by atoms with Crippen LogP contribution in [-0.4, -0.2) is 5.71 Å². The third-order valence-electron chi connectivity index (χ3n) is 2.47. The molecular formula is C16H14NO-. The van der Waals surface area contributed by atoms with Gasteiger partial charge >= 0.3 is 0 Å². The van der Waals surface area contributed by atoms with Crippen molar-refractivity contribution in [2.45, 2.75) is 6.92 Å². The SMILES string of the molecule is CC([O-])=CN=C(c1ccccc1)c1ccccc1. The largest absolute Gasteiger partial charge is 0.875 e. The number of benzene rings is 2. The average molecular weight is 236 g/mol. The Hall–Kier alpha value is -2.35. The fraction of sp³-hybridized carbons (Fsp3) is 0.0625. The summed E-state index contributed by atoms with van der Waals surface area (Å²) in [6, 6.07) is 19.7. The summed E-state index contributed by atoms with van der Waals surface area (Å²) in [5.41, 5.74) is 2.81. The summed E-state index contributed by atoms with van der Waals surface area (Å²) < 4.78 is 0. The molecule has 2 rings (SSSR count). The minimum atomic E-state index is -0.0561. The zero-order valence-electron chi connectivity index (χ0n) is 10.2. The van der Waals surface area contributed by atoms with Crippen LogP contribution in [0.5, 0.6) is 0 Å².